The molecule has 0 spiro atoms. The van der Waals surface area contributed by atoms with Crippen molar-refractivity contribution in [1.82, 2.24) is 15.2 Å². The Bertz CT molecular complexity index is 545. The maximum Gasteiger partial charge on any atom is 0.107 e. The van der Waals surface area contributed by atoms with Crippen LogP contribution in [0.4, 0.5) is 0 Å². The number of piperazine rings is 1. The SMILES string of the molecule is Cc1nc(CN2CCNCC2c2ccccc2)sc1C. The van der Waals surface area contributed by atoms with Crippen LogP contribution < -0.4 is 5.32 Å². The number of nitrogens with zero attached hydrogens (tertiary/aromatic N) is 2. The molecule has 1 unspecified atom stereocenters. The van der Waals surface area contributed by atoms with Crippen molar-refractivity contribution in [3.63, 3.8) is 0 Å². The van der Waals surface area contributed by atoms with Crippen LogP contribution in [0.3, 0.4) is 0 Å². The van der Waals surface area contributed by atoms with Crippen LogP contribution in [-0.2, 0) is 6.54 Å². The normalized spacial score (nSPS) is 20.2. The molecule has 106 valence electrons. The third-order valence-corrected chi connectivity index (χ3v) is 5.01. The second-order valence-corrected chi connectivity index (χ2v) is 6.64. The second-order valence-electron chi connectivity index (χ2n) is 5.35. The number of aryl methyl sites for hydroxylation is 2. The molecule has 1 aromatic carbocycles. The van der Waals surface area contributed by atoms with E-state index in [0.29, 0.717) is 6.04 Å². The van der Waals surface area contributed by atoms with Gasteiger partial charge in [0.25, 0.3) is 0 Å². The summed E-state index contributed by atoms with van der Waals surface area (Å²) in [6.45, 7) is 8.38. The van der Waals surface area contributed by atoms with E-state index in [0.717, 1.165) is 26.2 Å². The van der Waals surface area contributed by atoms with Gasteiger partial charge in [0.15, 0.2) is 0 Å². The Hall–Kier alpha value is -1.23. The summed E-state index contributed by atoms with van der Waals surface area (Å²) in [5.74, 6) is 0. The van der Waals surface area contributed by atoms with Crippen LogP contribution in [0.15, 0.2) is 30.3 Å². The summed E-state index contributed by atoms with van der Waals surface area (Å²) in [7, 11) is 0. The molecule has 1 saturated heterocycles. The van der Waals surface area contributed by atoms with Crippen molar-refractivity contribution in [2.24, 2.45) is 0 Å². The molecule has 2 heterocycles. The molecule has 3 nitrogen and oxygen atoms in total. The quantitative estimate of drug-likeness (QED) is 0.941. The van der Waals surface area contributed by atoms with Crippen molar-refractivity contribution in [3.8, 4) is 0 Å². The van der Waals surface area contributed by atoms with Gasteiger partial charge in [0.1, 0.15) is 5.01 Å². The van der Waals surface area contributed by atoms with E-state index in [9.17, 15) is 0 Å². The summed E-state index contributed by atoms with van der Waals surface area (Å²) in [6.07, 6.45) is 0. The monoisotopic (exact) mass is 287 g/mol. The Kier molecular flexibility index (Phi) is 4.15. The highest BCUT2D eigenvalue weighted by Gasteiger charge is 2.24. The first-order valence-electron chi connectivity index (χ1n) is 7.16. The van der Waals surface area contributed by atoms with E-state index >= 15 is 0 Å². The first-order valence-corrected chi connectivity index (χ1v) is 7.98. The zero-order valence-electron chi connectivity index (χ0n) is 12.1. The molecule has 1 aliphatic rings. The lowest BCUT2D eigenvalue weighted by Crippen LogP contribution is -2.45. The van der Waals surface area contributed by atoms with Gasteiger partial charge in [-0.2, -0.15) is 0 Å². The van der Waals surface area contributed by atoms with Gasteiger partial charge in [0.2, 0.25) is 0 Å². The smallest absolute Gasteiger partial charge is 0.107 e. The molecule has 0 aliphatic carbocycles. The van der Waals surface area contributed by atoms with Gasteiger partial charge in [-0.25, -0.2) is 4.98 Å². The molecule has 1 aromatic heterocycles. The molecule has 0 saturated carbocycles. The third kappa shape index (κ3) is 2.92. The molecular formula is C16H21N3S. The number of hydrogen-bond donors (Lipinski definition) is 1. The highest BCUT2D eigenvalue weighted by atomic mass is 32.1. The highest BCUT2D eigenvalue weighted by molar-refractivity contribution is 7.11. The fourth-order valence-electron chi connectivity index (χ4n) is 2.72. The van der Waals surface area contributed by atoms with E-state index in [-0.39, 0.29) is 0 Å². The van der Waals surface area contributed by atoms with Gasteiger partial charge in [-0.3, -0.25) is 4.90 Å². The third-order valence-electron chi connectivity index (χ3n) is 3.95. The number of thiazole rings is 1. The average molecular weight is 287 g/mol. The fourth-order valence-corrected chi connectivity index (χ4v) is 3.68. The largest absolute Gasteiger partial charge is 0.314 e. The van der Waals surface area contributed by atoms with Crippen molar-refractivity contribution in [2.45, 2.75) is 26.4 Å². The van der Waals surface area contributed by atoms with Gasteiger partial charge in [0.05, 0.1) is 12.2 Å². The zero-order valence-corrected chi connectivity index (χ0v) is 12.9. The predicted molar refractivity (Wildman–Crippen MR) is 84.1 cm³/mol. The second kappa shape index (κ2) is 6.04. The minimum Gasteiger partial charge on any atom is -0.314 e. The summed E-state index contributed by atoms with van der Waals surface area (Å²) >= 11 is 1.83. The Morgan fingerprint density at radius 2 is 2.10 bits per heavy atom. The minimum atomic E-state index is 0.453. The van der Waals surface area contributed by atoms with Crippen LogP contribution in [0.1, 0.15) is 27.2 Å². The molecule has 2 aromatic rings. The molecule has 0 bridgehead atoms. The molecule has 1 atom stereocenters. The molecule has 0 radical (unpaired) electrons. The number of rotatable bonds is 3. The van der Waals surface area contributed by atoms with E-state index < -0.39 is 0 Å². The van der Waals surface area contributed by atoms with Crippen molar-refractivity contribution in [1.29, 1.82) is 0 Å². The van der Waals surface area contributed by atoms with Crippen molar-refractivity contribution in [2.75, 3.05) is 19.6 Å². The lowest BCUT2D eigenvalue weighted by atomic mass is 10.0. The summed E-state index contributed by atoms with van der Waals surface area (Å²) < 4.78 is 0. The molecule has 0 amide bonds. The lowest BCUT2D eigenvalue weighted by Gasteiger charge is -2.36. The van der Waals surface area contributed by atoms with Crippen molar-refractivity contribution < 1.29 is 0 Å². The van der Waals surface area contributed by atoms with Gasteiger partial charge < -0.3 is 5.32 Å². The Morgan fingerprint density at radius 3 is 2.80 bits per heavy atom. The molecule has 20 heavy (non-hydrogen) atoms. The predicted octanol–water partition coefficient (Wildman–Crippen LogP) is 2.91. The van der Waals surface area contributed by atoms with Gasteiger partial charge in [0, 0.05) is 30.6 Å². The van der Waals surface area contributed by atoms with E-state index in [4.69, 9.17) is 0 Å². The molecule has 1 N–H and O–H groups in total. The van der Waals surface area contributed by atoms with Gasteiger partial charge in [-0.1, -0.05) is 30.3 Å². The maximum atomic E-state index is 4.69. The fraction of sp³-hybridized carbons (Fsp3) is 0.438. The van der Waals surface area contributed by atoms with Gasteiger partial charge in [-0.05, 0) is 19.4 Å². The maximum absolute atomic E-state index is 4.69. The molecular weight excluding hydrogens is 266 g/mol. The highest BCUT2D eigenvalue weighted by Crippen LogP contribution is 2.26. The van der Waals surface area contributed by atoms with Crippen LogP contribution >= 0.6 is 11.3 Å². The molecule has 1 fully saturated rings. The molecule has 4 heteroatoms. The molecule has 3 rings (SSSR count). The number of benzene rings is 1. The van der Waals surface area contributed by atoms with Crippen LogP contribution in [0.25, 0.3) is 0 Å². The van der Waals surface area contributed by atoms with Crippen molar-refractivity contribution in [3.05, 3.63) is 51.5 Å². The van der Waals surface area contributed by atoms with Crippen LogP contribution in [0.2, 0.25) is 0 Å². The summed E-state index contributed by atoms with van der Waals surface area (Å²) in [5.41, 5.74) is 2.57. The van der Waals surface area contributed by atoms with E-state index in [1.807, 2.05) is 11.3 Å². The topological polar surface area (TPSA) is 28.2 Å². The summed E-state index contributed by atoms with van der Waals surface area (Å²) in [6, 6.07) is 11.2. The van der Waals surface area contributed by atoms with Crippen LogP contribution in [0.5, 0.6) is 0 Å². The first kappa shape index (κ1) is 13.7. The summed E-state index contributed by atoms with van der Waals surface area (Å²) in [5, 5.41) is 4.75. The van der Waals surface area contributed by atoms with E-state index in [1.165, 1.54) is 21.1 Å². The number of hydrogen-bond acceptors (Lipinski definition) is 4. The molecule has 1 aliphatic heterocycles. The van der Waals surface area contributed by atoms with Crippen LogP contribution in [-0.4, -0.2) is 29.5 Å². The van der Waals surface area contributed by atoms with Gasteiger partial charge >= 0.3 is 0 Å². The average Bonchev–Trinajstić information content (AvgIpc) is 2.79. The Balaban J connectivity index is 1.79. The van der Waals surface area contributed by atoms with E-state index in [1.54, 1.807) is 0 Å². The standard InChI is InChI=1S/C16H21N3S/c1-12-13(2)20-16(18-12)11-19-9-8-17-10-15(19)14-6-4-3-5-7-14/h3-7,15,17H,8-11H2,1-2H3. The Morgan fingerprint density at radius 1 is 1.30 bits per heavy atom. The van der Waals surface area contributed by atoms with Crippen LogP contribution in [0, 0.1) is 13.8 Å². The first-order chi connectivity index (χ1) is 9.74. The lowest BCUT2D eigenvalue weighted by molar-refractivity contribution is 0.153. The van der Waals surface area contributed by atoms with Gasteiger partial charge in [-0.15, -0.1) is 11.3 Å². The summed E-state index contributed by atoms with van der Waals surface area (Å²) in [4.78, 5) is 8.57. The van der Waals surface area contributed by atoms with E-state index in [2.05, 4.69) is 59.4 Å². The van der Waals surface area contributed by atoms with Crippen molar-refractivity contribution >= 4 is 11.3 Å². The Labute approximate surface area is 124 Å². The number of aromatic nitrogens is 1. The number of nitrogens with one attached hydrogen (secondary N) is 1. The minimum absolute atomic E-state index is 0.453. The zero-order chi connectivity index (χ0) is 13.9.